The summed E-state index contributed by atoms with van der Waals surface area (Å²) in [4.78, 5) is 13.8. The molecule has 0 N–H and O–H groups in total. The van der Waals surface area contributed by atoms with Crippen molar-refractivity contribution in [3.05, 3.63) is 52.9 Å². The second kappa shape index (κ2) is 7.01. The Balaban J connectivity index is 1.74. The zero-order chi connectivity index (χ0) is 18.9. The molecule has 0 saturated carbocycles. The lowest BCUT2D eigenvalue weighted by molar-refractivity contribution is -0.138. The van der Waals surface area contributed by atoms with Crippen molar-refractivity contribution in [2.24, 2.45) is 0 Å². The third kappa shape index (κ3) is 3.62. The highest BCUT2D eigenvalue weighted by Crippen LogP contribution is 2.32. The second-order valence-electron chi connectivity index (χ2n) is 5.67. The minimum Gasteiger partial charge on any atom is -0.336 e. The van der Waals surface area contributed by atoms with E-state index in [0.29, 0.717) is 0 Å². The minimum absolute atomic E-state index is 0.0373. The molecule has 1 fully saturated rings. The van der Waals surface area contributed by atoms with Crippen LogP contribution in [0.1, 0.15) is 15.9 Å². The van der Waals surface area contributed by atoms with Gasteiger partial charge in [-0.15, -0.1) is 11.3 Å². The van der Waals surface area contributed by atoms with Gasteiger partial charge >= 0.3 is 6.18 Å². The Morgan fingerprint density at radius 1 is 1.00 bits per heavy atom. The molecule has 1 amide bonds. The summed E-state index contributed by atoms with van der Waals surface area (Å²) in [5.41, 5.74) is -1.41. The summed E-state index contributed by atoms with van der Waals surface area (Å²) in [6.07, 6.45) is -4.63. The van der Waals surface area contributed by atoms with Crippen LogP contribution >= 0.6 is 11.3 Å². The van der Waals surface area contributed by atoms with Crippen LogP contribution in [0.2, 0.25) is 0 Å². The minimum atomic E-state index is -4.63. The van der Waals surface area contributed by atoms with Crippen molar-refractivity contribution in [1.82, 2.24) is 9.21 Å². The van der Waals surface area contributed by atoms with Gasteiger partial charge in [-0.25, -0.2) is 8.42 Å². The first kappa shape index (κ1) is 18.9. The molecule has 2 aromatic rings. The van der Waals surface area contributed by atoms with Crippen LogP contribution in [0.4, 0.5) is 13.2 Å². The van der Waals surface area contributed by atoms with Crippen molar-refractivity contribution >= 4 is 27.3 Å². The third-order valence-electron chi connectivity index (χ3n) is 4.08. The van der Waals surface area contributed by atoms with E-state index in [1.165, 1.54) is 27.4 Å². The fourth-order valence-electron chi connectivity index (χ4n) is 2.76. The van der Waals surface area contributed by atoms with Crippen LogP contribution in [0.25, 0.3) is 0 Å². The number of piperazine rings is 1. The maximum atomic E-state index is 13.1. The number of sulfonamides is 1. The van der Waals surface area contributed by atoms with Crippen LogP contribution in [-0.2, 0) is 16.2 Å². The molecular formula is C16H15F3N2O3S2. The molecular weight excluding hydrogens is 389 g/mol. The van der Waals surface area contributed by atoms with Crippen LogP contribution in [0.3, 0.4) is 0 Å². The normalized spacial score (nSPS) is 16.7. The first-order valence-corrected chi connectivity index (χ1v) is 10.0. The van der Waals surface area contributed by atoms with Gasteiger partial charge in [0.1, 0.15) is 4.21 Å². The molecule has 0 aliphatic carbocycles. The van der Waals surface area contributed by atoms with E-state index >= 15 is 0 Å². The van der Waals surface area contributed by atoms with E-state index in [2.05, 4.69) is 0 Å². The molecule has 1 saturated heterocycles. The number of thiophene rings is 1. The number of hydrogen-bond donors (Lipinski definition) is 0. The van der Waals surface area contributed by atoms with Gasteiger partial charge in [-0.2, -0.15) is 17.5 Å². The topological polar surface area (TPSA) is 57.7 Å². The first-order chi connectivity index (χ1) is 12.2. The maximum Gasteiger partial charge on any atom is 0.417 e. The summed E-state index contributed by atoms with van der Waals surface area (Å²) in [5.74, 6) is -0.744. The lowest BCUT2D eigenvalue weighted by Crippen LogP contribution is -2.50. The molecule has 0 spiro atoms. The molecule has 10 heteroatoms. The van der Waals surface area contributed by atoms with Crippen LogP contribution in [0, 0.1) is 0 Å². The van der Waals surface area contributed by atoms with Crippen molar-refractivity contribution < 1.29 is 26.4 Å². The Morgan fingerprint density at radius 2 is 1.65 bits per heavy atom. The summed E-state index contributed by atoms with van der Waals surface area (Å²) in [6.45, 7) is 0.158. The molecule has 140 valence electrons. The lowest BCUT2D eigenvalue weighted by Gasteiger charge is -2.34. The first-order valence-electron chi connectivity index (χ1n) is 7.70. The van der Waals surface area contributed by atoms with Crippen LogP contribution in [0.5, 0.6) is 0 Å². The zero-order valence-electron chi connectivity index (χ0n) is 13.4. The molecule has 3 rings (SSSR count). The Labute approximate surface area is 152 Å². The standard InChI is InChI=1S/C16H15F3N2O3S2/c17-16(18,19)13-5-2-1-4-12(13)15(22)20-7-9-21(10-8-20)26(23,24)14-6-3-11-25-14/h1-6,11H,7-10H2. The molecule has 0 radical (unpaired) electrons. The van der Waals surface area contributed by atoms with E-state index < -0.39 is 33.2 Å². The van der Waals surface area contributed by atoms with Gasteiger partial charge in [-0.1, -0.05) is 18.2 Å². The van der Waals surface area contributed by atoms with Crippen molar-refractivity contribution in [2.75, 3.05) is 26.2 Å². The number of halogens is 3. The average molecular weight is 404 g/mol. The van der Waals surface area contributed by atoms with Gasteiger partial charge in [0.2, 0.25) is 0 Å². The number of carbonyl (C=O) groups excluding carboxylic acids is 1. The molecule has 2 heterocycles. The van der Waals surface area contributed by atoms with E-state index in [4.69, 9.17) is 0 Å². The fourth-order valence-corrected chi connectivity index (χ4v) is 5.32. The average Bonchev–Trinajstić information content (AvgIpc) is 3.16. The summed E-state index contributed by atoms with van der Waals surface area (Å²) >= 11 is 1.10. The highest BCUT2D eigenvalue weighted by Gasteiger charge is 2.37. The Kier molecular flexibility index (Phi) is 5.09. The maximum absolute atomic E-state index is 13.1. The number of amides is 1. The van der Waals surface area contributed by atoms with Gasteiger partial charge in [0.05, 0.1) is 11.1 Å². The van der Waals surface area contributed by atoms with Gasteiger partial charge in [0.25, 0.3) is 15.9 Å². The third-order valence-corrected chi connectivity index (χ3v) is 7.35. The smallest absolute Gasteiger partial charge is 0.336 e. The van der Waals surface area contributed by atoms with E-state index in [1.54, 1.807) is 11.4 Å². The van der Waals surface area contributed by atoms with Gasteiger partial charge in [-0.05, 0) is 23.6 Å². The molecule has 0 unspecified atom stereocenters. The number of nitrogens with zero attached hydrogens (tertiary/aromatic N) is 2. The van der Waals surface area contributed by atoms with Gasteiger partial charge in [-0.3, -0.25) is 4.79 Å². The summed E-state index contributed by atoms with van der Waals surface area (Å²) < 4.78 is 65.7. The molecule has 0 atom stereocenters. The molecule has 26 heavy (non-hydrogen) atoms. The Morgan fingerprint density at radius 3 is 2.23 bits per heavy atom. The summed E-state index contributed by atoms with van der Waals surface area (Å²) in [5, 5.41) is 1.65. The van der Waals surface area contributed by atoms with E-state index in [9.17, 15) is 26.4 Å². The van der Waals surface area contributed by atoms with Crippen LogP contribution in [-0.4, -0.2) is 49.7 Å². The van der Waals surface area contributed by atoms with Crippen molar-refractivity contribution in [3.63, 3.8) is 0 Å². The van der Waals surface area contributed by atoms with E-state index in [1.807, 2.05) is 0 Å². The number of carbonyl (C=O) groups is 1. The number of alkyl halides is 3. The highest BCUT2D eigenvalue weighted by molar-refractivity contribution is 7.91. The van der Waals surface area contributed by atoms with Crippen molar-refractivity contribution in [1.29, 1.82) is 0 Å². The largest absolute Gasteiger partial charge is 0.417 e. The molecule has 0 bridgehead atoms. The predicted octanol–water partition coefficient (Wildman–Crippen LogP) is 2.91. The van der Waals surface area contributed by atoms with Crippen molar-refractivity contribution in [2.45, 2.75) is 10.4 Å². The number of rotatable bonds is 3. The predicted molar refractivity (Wildman–Crippen MR) is 90.4 cm³/mol. The summed E-state index contributed by atoms with van der Waals surface area (Å²) in [7, 11) is -3.63. The molecule has 1 aromatic carbocycles. The van der Waals surface area contributed by atoms with Crippen LogP contribution in [0.15, 0.2) is 46.0 Å². The Bertz CT molecular complexity index is 888. The lowest BCUT2D eigenvalue weighted by atomic mass is 10.1. The van der Waals surface area contributed by atoms with E-state index in [0.717, 1.165) is 23.5 Å². The number of benzene rings is 1. The molecule has 1 aromatic heterocycles. The SMILES string of the molecule is O=C(c1ccccc1C(F)(F)F)N1CCN(S(=O)(=O)c2cccs2)CC1. The summed E-state index contributed by atoms with van der Waals surface area (Å²) in [6, 6.07) is 7.73. The highest BCUT2D eigenvalue weighted by atomic mass is 32.2. The van der Waals surface area contributed by atoms with Gasteiger partial charge in [0.15, 0.2) is 0 Å². The molecule has 1 aliphatic heterocycles. The zero-order valence-corrected chi connectivity index (χ0v) is 15.1. The number of hydrogen-bond acceptors (Lipinski definition) is 4. The van der Waals surface area contributed by atoms with Crippen LogP contribution < -0.4 is 0 Å². The quantitative estimate of drug-likeness (QED) is 0.791. The molecule has 1 aliphatic rings. The fraction of sp³-hybridized carbons (Fsp3) is 0.312. The van der Waals surface area contributed by atoms with Gasteiger partial charge < -0.3 is 4.90 Å². The molecule has 5 nitrogen and oxygen atoms in total. The monoisotopic (exact) mass is 404 g/mol. The van der Waals surface area contributed by atoms with Crippen molar-refractivity contribution in [3.8, 4) is 0 Å². The second-order valence-corrected chi connectivity index (χ2v) is 8.78. The van der Waals surface area contributed by atoms with E-state index in [-0.39, 0.29) is 30.4 Å². The van der Waals surface area contributed by atoms with Gasteiger partial charge in [0, 0.05) is 26.2 Å². The Hall–Kier alpha value is -1.91.